The van der Waals surface area contributed by atoms with Crippen LogP contribution in [0.2, 0.25) is 0 Å². The Morgan fingerprint density at radius 1 is 0.889 bits per heavy atom. The molecule has 0 unspecified atom stereocenters. The summed E-state index contributed by atoms with van der Waals surface area (Å²) in [5.74, 6) is 0.517. The van der Waals surface area contributed by atoms with Crippen molar-refractivity contribution in [3.63, 3.8) is 0 Å². The van der Waals surface area contributed by atoms with Crippen LogP contribution in [0.4, 0.5) is 0 Å². The topological polar surface area (TPSA) is 32.3 Å². The van der Waals surface area contributed by atoms with Crippen molar-refractivity contribution in [3.8, 4) is 0 Å². The van der Waals surface area contributed by atoms with Gasteiger partial charge in [-0.15, -0.1) is 0 Å². The molecular weight excluding hydrogens is 332 g/mol. The Bertz CT molecular complexity index is 751. The van der Waals surface area contributed by atoms with E-state index < -0.39 is 0 Å². The Kier molecular flexibility index (Phi) is 6.08. The van der Waals surface area contributed by atoms with Gasteiger partial charge < -0.3 is 5.32 Å². The monoisotopic (exact) mass is 364 g/mol. The van der Waals surface area contributed by atoms with E-state index in [1.807, 2.05) is 0 Å². The fourth-order valence-corrected chi connectivity index (χ4v) is 4.77. The summed E-state index contributed by atoms with van der Waals surface area (Å²) < 4.78 is 0. The Morgan fingerprint density at radius 3 is 2.37 bits per heavy atom. The van der Waals surface area contributed by atoms with Gasteiger partial charge in [0.1, 0.15) is 0 Å². The first-order chi connectivity index (χ1) is 13.3. The second-order valence-corrected chi connectivity index (χ2v) is 8.39. The molecule has 2 aromatic carbocycles. The molecule has 1 amide bonds. The molecule has 1 aliphatic carbocycles. The lowest BCUT2D eigenvalue weighted by molar-refractivity contribution is -0.127. The molecule has 1 saturated carbocycles. The number of piperidine rings is 1. The average molecular weight is 365 g/mol. The van der Waals surface area contributed by atoms with Gasteiger partial charge in [-0.05, 0) is 55.1 Å². The zero-order valence-corrected chi connectivity index (χ0v) is 16.3. The predicted molar refractivity (Wildman–Crippen MR) is 112 cm³/mol. The maximum absolute atomic E-state index is 12.7. The SMILES string of the molecule is O=C(NC1CCCCCC1)C1CCN(Cc2cccc3ccccc23)CC1. The number of hydrogen-bond donors (Lipinski definition) is 1. The van der Waals surface area contributed by atoms with Crippen LogP contribution in [-0.4, -0.2) is 29.9 Å². The van der Waals surface area contributed by atoms with Gasteiger partial charge in [-0.25, -0.2) is 0 Å². The highest BCUT2D eigenvalue weighted by Gasteiger charge is 2.26. The molecule has 0 radical (unpaired) electrons. The molecular formula is C24H32N2O. The van der Waals surface area contributed by atoms with Crippen LogP contribution < -0.4 is 5.32 Å². The number of likely N-dealkylation sites (tertiary alicyclic amines) is 1. The van der Waals surface area contributed by atoms with Gasteiger partial charge in [0.2, 0.25) is 5.91 Å². The first-order valence-corrected chi connectivity index (χ1v) is 10.8. The lowest BCUT2D eigenvalue weighted by Crippen LogP contribution is -2.43. The van der Waals surface area contributed by atoms with Gasteiger partial charge in [-0.2, -0.15) is 0 Å². The molecule has 3 heteroatoms. The van der Waals surface area contributed by atoms with E-state index in [1.54, 1.807) is 0 Å². The van der Waals surface area contributed by atoms with Crippen molar-refractivity contribution in [2.24, 2.45) is 5.92 Å². The molecule has 0 atom stereocenters. The van der Waals surface area contributed by atoms with Crippen LogP contribution in [0.3, 0.4) is 0 Å². The molecule has 144 valence electrons. The molecule has 2 fully saturated rings. The number of amides is 1. The van der Waals surface area contributed by atoms with Gasteiger partial charge >= 0.3 is 0 Å². The summed E-state index contributed by atoms with van der Waals surface area (Å²) in [6, 6.07) is 15.6. The van der Waals surface area contributed by atoms with E-state index in [0.29, 0.717) is 11.9 Å². The zero-order valence-electron chi connectivity index (χ0n) is 16.3. The summed E-state index contributed by atoms with van der Waals surface area (Å²) in [6.07, 6.45) is 9.53. The van der Waals surface area contributed by atoms with E-state index >= 15 is 0 Å². The summed E-state index contributed by atoms with van der Waals surface area (Å²) in [6.45, 7) is 3.02. The van der Waals surface area contributed by atoms with Crippen molar-refractivity contribution in [1.82, 2.24) is 10.2 Å². The molecule has 0 bridgehead atoms. The van der Waals surface area contributed by atoms with Crippen LogP contribution in [0, 0.1) is 5.92 Å². The smallest absolute Gasteiger partial charge is 0.223 e. The number of fused-ring (bicyclic) bond motifs is 1. The summed E-state index contributed by atoms with van der Waals surface area (Å²) in [5.41, 5.74) is 1.40. The third-order valence-corrected chi connectivity index (χ3v) is 6.43. The number of rotatable bonds is 4. The molecule has 0 spiro atoms. The van der Waals surface area contributed by atoms with Crippen LogP contribution in [0.1, 0.15) is 56.9 Å². The number of nitrogens with one attached hydrogen (secondary N) is 1. The highest BCUT2D eigenvalue weighted by atomic mass is 16.1. The summed E-state index contributed by atoms with van der Waals surface area (Å²) in [5, 5.41) is 6.03. The lowest BCUT2D eigenvalue weighted by Gasteiger charge is -2.32. The van der Waals surface area contributed by atoms with Crippen molar-refractivity contribution in [3.05, 3.63) is 48.0 Å². The van der Waals surface area contributed by atoms with E-state index in [1.165, 1.54) is 54.9 Å². The highest BCUT2D eigenvalue weighted by molar-refractivity contribution is 5.85. The van der Waals surface area contributed by atoms with E-state index in [-0.39, 0.29) is 5.92 Å². The fourth-order valence-electron chi connectivity index (χ4n) is 4.77. The van der Waals surface area contributed by atoms with Crippen molar-refractivity contribution in [2.75, 3.05) is 13.1 Å². The summed E-state index contributed by atoms with van der Waals surface area (Å²) in [7, 11) is 0. The second kappa shape index (κ2) is 8.88. The van der Waals surface area contributed by atoms with E-state index in [4.69, 9.17) is 0 Å². The van der Waals surface area contributed by atoms with Gasteiger partial charge in [0, 0.05) is 18.5 Å². The minimum atomic E-state index is 0.206. The Morgan fingerprint density at radius 2 is 1.59 bits per heavy atom. The molecule has 4 rings (SSSR count). The number of nitrogens with zero attached hydrogens (tertiary/aromatic N) is 1. The number of benzene rings is 2. The average Bonchev–Trinajstić information content (AvgIpc) is 2.97. The lowest BCUT2D eigenvalue weighted by atomic mass is 9.94. The van der Waals surface area contributed by atoms with Gasteiger partial charge in [0.05, 0.1) is 0 Å². The molecule has 1 saturated heterocycles. The normalized spacial score (nSPS) is 20.4. The molecule has 1 heterocycles. The standard InChI is InChI=1S/C24H32N2O/c27-24(25-22-11-3-1-2-4-12-22)20-14-16-26(17-15-20)18-21-10-7-9-19-8-5-6-13-23(19)21/h5-10,13,20,22H,1-4,11-12,14-18H2,(H,25,27). The molecule has 3 nitrogen and oxygen atoms in total. The number of carbonyl (C=O) groups excluding carboxylic acids is 1. The first-order valence-electron chi connectivity index (χ1n) is 10.8. The minimum Gasteiger partial charge on any atom is -0.353 e. The Balaban J connectivity index is 1.30. The molecule has 1 aliphatic heterocycles. The van der Waals surface area contributed by atoms with Gasteiger partial charge in [-0.3, -0.25) is 9.69 Å². The summed E-state index contributed by atoms with van der Waals surface area (Å²) in [4.78, 5) is 15.2. The Hall–Kier alpha value is -1.87. The maximum Gasteiger partial charge on any atom is 0.223 e. The van der Waals surface area contributed by atoms with Crippen LogP contribution >= 0.6 is 0 Å². The van der Waals surface area contributed by atoms with Crippen LogP contribution in [0.25, 0.3) is 10.8 Å². The zero-order chi connectivity index (χ0) is 18.5. The third-order valence-electron chi connectivity index (χ3n) is 6.43. The van der Waals surface area contributed by atoms with Gasteiger partial charge in [-0.1, -0.05) is 68.1 Å². The van der Waals surface area contributed by atoms with Gasteiger partial charge in [0.25, 0.3) is 0 Å². The molecule has 2 aliphatic rings. The van der Waals surface area contributed by atoms with Gasteiger partial charge in [0.15, 0.2) is 0 Å². The van der Waals surface area contributed by atoms with E-state index in [2.05, 4.69) is 52.7 Å². The number of carbonyl (C=O) groups is 1. The van der Waals surface area contributed by atoms with Crippen molar-refractivity contribution in [2.45, 2.75) is 64.0 Å². The first kappa shape index (κ1) is 18.5. The quantitative estimate of drug-likeness (QED) is 0.783. The fraction of sp³-hybridized carbons (Fsp3) is 0.542. The number of hydrogen-bond acceptors (Lipinski definition) is 2. The van der Waals surface area contributed by atoms with Crippen LogP contribution in [0.5, 0.6) is 0 Å². The van der Waals surface area contributed by atoms with Crippen molar-refractivity contribution >= 4 is 16.7 Å². The Labute approximate surface area is 163 Å². The highest BCUT2D eigenvalue weighted by Crippen LogP contribution is 2.24. The van der Waals surface area contributed by atoms with Crippen molar-refractivity contribution in [1.29, 1.82) is 0 Å². The molecule has 1 N–H and O–H groups in total. The maximum atomic E-state index is 12.7. The van der Waals surface area contributed by atoms with E-state index in [0.717, 1.165) is 32.5 Å². The molecule has 2 aromatic rings. The van der Waals surface area contributed by atoms with E-state index in [9.17, 15) is 4.79 Å². The van der Waals surface area contributed by atoms with Crippen LogP contribution in [0.15, 0.2) is 42.5 Å². The minimum absolute atomic E-state index is 0.206. The third kappa shape index (κ3) is 4.70. The molecule has 0 aromatic heterocycles. The van der Waals surface area contributed by atoms with Crippen LogP contribution in [-0.2, 0) is 11.3 Å². The van der Waals surface area contributed by atoms with Crippen molar-refractivity contribution < 1.29 is 4.79 Å². The largest absolute Gasteiger partial charge is 0.353 e. The molecule has 27 heavy (non-hydrogen) atoms. The second-order valence-electron chi connectivity index (χ2n) is 8.39. The predicted octanol–water partition coefficient (Wildman–Crippen LogP) is 4.89. The summed E-state index contributed by atoms with van der Waals surface area (Å²) >= 11 is 0.